The molecule has 2 nitrogen and oxygen atoms in total. The first-order valence-electron chi connectivity index (χ1n) is 5.39. The fourth-order valence-electron chi connectivity index (χ4n) is 2.01. The molecule has 2 heterocycles. The molecular formula is C10H20N2S. The highest BCUT2D eigenvalue weighted by atomic mass is 32.2. The van der Waals surface area contributed by atoms with E-state index in [1.54, 1.807) is 0 Å². The van der Waals surface area contributed by atoms with E-state index in [2.05, 4.69) is 28.9 Å². The predicted molar refractivity (Wildman–Crippen MR) is 59.3 cm³/mol. The highest BCUT2D eigenvalue weighted by Gasteiger charge is 2.20. The van der Waals surface area contributed by atoms with Crippen LogP contribution < -0.4 is 5.32 Å². The van der Waals surface area contributed by atoms with Gasteiger partial charge in [0.2, 0.25) is 0 Å². The molecule has 2 saturated heterocycles. The monoisotopic (exact) mass is 200 g/mol. The van der Waals surface area contributed by atoms with Gasteiger partial charge in [0.05, 0.1) is 0 Å². The van der Waals surface area contributed by atoms with Gasteiger partial charge in [0.25, 0.3) is 0 Å². The van der Waals surface area contributed by atoms with E-state index < -0.39 is 0 Å². The fourth-order valence-corrected chi connectivity index (χ4v) is 3.09. The zero-order chi connectivity index (χ0) is 9.10. The van der Waals surface area contributed by atoms with E-state index in [0.717, 1.165) is 11.2 Å². The van der Waals surface area contributed by atoms with Crippen molar-refractivity contribution in [1.82, 2.24) is 10.2 Å². The number of rotatable bonds is 3. The van der Waals surface area contributed by atoms with Crippen LogP contribution in [0, 0.1) is 5.92 Å². The third kappa shape index (κ3) is 2.86. The number of nitrogens with zero attached hydrogens (tertiary/aromatic N) is 1. The first-order chi connectivity index (χ1) is 6.34. The quantitative estimate of drug-likeness (QED) is 0.732. The molecular weight excluding hydrogens is 180 g/mol. The van der Waals surface area contributed by atoms with Gasteiger partial charge in [0.1, 0.15) is 0 Å². The molecule has 0 spiro atoms. The van der Waals surface area contributed by atoms with Crippen molar-refractivity contribution in [2.45, 2.75) is 18.6 Å². The van der Waals surface area contributed by atoms with E-state index in [4.69, 9.17) is 0 Å². The molecule has 0 saturated carbocycles. The third-order valence-electron chi connectivity index (χ3n) is 3.04. The van der Waals surface area contributed by atoms with Crippen LogP contribution in [-0.2, 0) is 0 Å². The molecule has 0 aromatic heterocycles. The zero-order valence-corrected chi connectivity index (χ0v) is 9.28. The first-order valence-corrected chi connectivity index (χ1v) is 6.44. The van der Waals surface area contributed by atoms with E-state index >= 15 is 0 Å². The van der Waals surface area contributed by atoms with Crippen LogP contribution in [0.25, 0.3) is 0 Å². The van der Waals surface area contributed by atoms with Crippen molar-refractivity contribution >= 4 is 11.8 Å². The standard InChI is InChI=1S/C10H20N2S/c1-9-8-12(4-5-13-9)3-2-10-6-11-7-10/h9-11H,2-8H2,1H3. The van der Waals surface area contributed by atoms with Crippen LogP contribution in [0.15, 0.2) is 0 Å². The maximum Gasteiger partial charge on any atom is 0.0147 e. The van der Waals surface area contributed by atoms with Gasteiger partial charge >= 0.3 is 0 Å². The Kier molecular flexibility index (Phi) is 3.52. The minimum Gasteiger partial charge on any atom is -0.316 e. The average molecular weight is 200 g/mol. The summed E-state index contributed by atoms with van der Waals surface area (Å²) in [6.07, 6.45) is 1.41. The van der Waals surface area contributed by atoms with E-state index in [0.29, 0.717) is 0 Å². The van der Waals surface area contributed by atoms with E-state index in [1.165, 1.54) is 44.9 Å². The molecule has 0 aliphatic carbocycles. The Labute approximate surface area is 85.4 Å². The van der Waals surface area contributed by atoms with Gasteiger partial charge in [-0.3, -0.25) is 0 Å². The second-order valence-corrected chi connectivity index (χ2v) is 5.84. The van der Waals surface area contributed by atoms with Gasteiger partial charge in [-0.1, -0.05) is 6.92 Å². The molecule has 2 aliphatic rings. The molecule has 1 N–H and O–H groups in total. The molecule has 0 aromatic rings. The lowest BCUT2D eigenvalue weighted by molar-refractivity contribution is 0.233. The summed E-state index contributed by atoms with van der Waals surface area (Å²) < 4.78 is 0. The van der Waals surface area contributed by atoms with Crippen LogP contribution in [0.5, 0.6) is 0 Å². The molecule has 13 heavy (non-hydrogen) atoms. The Morgan fingerprint density at radius 1 is 1.46 bits per heavy atom. The SMILES string of the molecule is CC1CN(CCC2CNC2)CCS1. The van der Waals surface area contributed by atoms with Crippen molar-refractivity contribution in [3.63, 3.8) is 0 Å². The smallest absolute Gasteiger partial charge is 0.0147 e. The molecule has 2 aliphatic heterocycles. The molecule has 0 amide bonds. The summed E-state index contributed by atoms with van der Waals surface area (Å²) in [6, 6.07) is 0. The maximum atomic E-state index is 3.34. The van der Waals surface area contributed by atoms with Gasteiger partial charge in [0, 0.05) is 24.1 Å². The molecule has 0 radical (unpaired) electrons. The molecule has 76 valence electrons. The molecule has 2 rings (SSSR count). The normalized spacial score (nSPS) is 31.6. The third-order valence-corrected chi connectivity index (χ3v) is 4.18. The summed E-state index contributed by atoms with van der Waals surface area (Å²) >= 11 is 2.12. The van der Waals surface area contributed by atoms with E-state index in [9.17, 15) is 0 Å². The van der Waals surface area contributed by atoms with Crippen molar-refractivity contribution in [1.29, 1.82) is 0 Å². The summed E-state index contributed by atoms with van der Waals surface area (Å²) in [5.41, 5.74) is 0. The number of hydrogen-bond donors (Lipinski definition) is 1. The van der Waals surface area contributed by atoms with Crippen molar-refractivity contribution in [2.24, 2.45) is 5.92 Å². The van der Waals surface area contributed by atoms with Crippen LogP contribution in [-0.4, -0.2) is 48.6 Å². The second-order valence-electron chi connectivity index (χ2n) is 4.29. The highest BCUT2D eigenvalue weighted by Crippen LogP contribution is 2.19. The van der Waals surface area contributed by atoms with Crippen LogP contribution in [0.2, 0.25) is 0 Å². The molecule has 0 aromatic carbocycles. The summed E-state index contributed by atoms with van der Waals surface area (Å²) in [7, 11) is 0. The lowest BCUT2D eigenvalue weighted by Gasteiger charge is -2.33. The Hall–Kier alpha value is 0.270. The van der Waals surface area contributed by atoms with Crippen molar-refractivity contribution < 1.29 is 0 Å². The fraction of sp³-hybridized carbons (Fsp3) is 1.00. The van der Waals surface area contributed by atoms with Gasteiger partial charge in [-0.25, -0.2) is 0 Å². The Morgan fingerprint density at radius 3 is 2.92 bits per heavy atom. The van der Waals surface area contributed by atoms with Crippen molar-refractivity contribution in [2.75, 3.05) is 38.5 Å². The lowest BCUT2D eigenvalue weighted by Crippen LogP contribution is -2.45. The molecule has 1 unspecified atom stereocenters. The summed E-state index contributed by atoms with van der Waals surface area (Å²) in [5.74, 6) is 2.31. The zero-order valence-electron chi connectivity index (χ0n) is 8.46. The Balaban J connectivity index is 1.62. The predicted octanol–water partition coefficient (Wildman–Crippen LogP) is 1.03. The number of nitrogens with one attached hydrogen (secondary N) is 1. The largest absolute Gasteiger partial charge is 0.316 e. The van der Waals surface area contributed by atoms with Crippen molar-refractivity contribution in [3.05, 3.63) is 0 Å². The van der Waals surface area contributed by atoms with E-state index in [1.807, 2.05) is 0 Å². The molecule has 1 atom stereocenters. The Bertz CT molecular complexity index is 159. The molecule has 3 heteroatoms. The van der Waals surface area contributed by atoms with Gasteiger partial charge in [-0.2, -0.15) is 11.8 Å². The maximum absolute atomic E-state index is 3.34. The van der Waals surface area contributed by atoms with Gasteiger partial charge in [-0.05, 0) is 32.0 Å². The summed E-state index contributed by atoms with van der Waals surface area (Å²) in [6.45, 7) is 8.83. The average Bonchev–Trinajstić information content (AvgIpc) is 2.01. The van der Waals surface area contributed by atoms with Gasteiger partial charge < -0.3 is 10.2 Å². The van der Waals surface area contributed by atoms with E-state index in [-0.39, 0.29) is 0 Å². The number of hydrogen-bond acceptors (Lipinski definition) is 3. The topological polar surface area (TPSA) is 15.3 Å². The summed E-state index contributed by atoms with van der Waals surface area (Å²) in [5, 5.41) is 4.19. The minimum absolute atomic E-state index is 0.855. The van der Waals surface area contributed by atoms with Crippen LogP contribution >= 0.6 is 11.8 Å². The minimum atomic E-state index is 0.855. The van der Waals surface area contributed by atoms with Gasteiger partial charge in [-0.15, -0.1) is 0 Å². The van der Waals surface area contributed by atoms with Crippen LogP contribution in [0.3, 0.4) is 0 Å². The molecule has 0 bridgehead atoms. The van der Waals surface area contributed by atoms with Crippen LogP contribution in [0.1, 0.15) is 13.3 Å². The summed E-state index contributed by atoms with van der Waals surface area (Å²) in [4.78, 5) is 2.64. The lowest BCUT2D eigenvalue weighted by atomic mass is 9.99. The van der Waals surface area contributed by atoms with Crippen molar-refractivity contribution in [3.8, 4) is 0 Å². The number of thioether (sulfide) groups is 1. The highest BCUT2D eigenvalue weighted by molar-refractivity contribution is 7.99. The first kappa shape index (κ1) is 9.81. The second kappa shape index (κ2) is 4.67. The van der Waals surface area contributed by atoms with Gasteiger partial charge in [0.15, 0.2) is 0 Å². The van der Waals surface area contributed by atoms with Crippen LogP contribution in [0.4, 0.5) is 0 Å². The Morgan fingerprint density at radius 2 is 2.31 bits per heavy atom. The molecule has 2 fully saturated rings.